The third kappa shape index (κ3) is 9.03. The Labute approximate surface area is 452 Å². The summed E-state index contributed by atoms with van der Waals surface area (Å²) in [6.45, 7) is -0.181. The standard InChI is InChI=1S/C52H38Cl2N4O13S4/c53-33-19-31-35(21-37(33)68-13-3-7-25-23-74-47-41(45(61)57(47)43(25)49(63)64)55-39(59)17-27-9-5-15-72-27)70-36-22-38(34(54)20-32(36)52(31)30-12-2-1-11-29(30)51(67)71-52)69-14-4-8-26-24-75-48-42(46(62)58(48)44(26)50(65)66)56-40(60)18-28-10-6-16-73-28/h1-12,15-16,19-22,41-42,47-48H,13-14,17-18,23-24H2,(H,55,59)(H,56,60)(H,63,64)(H,65,66)/b7-3+,8-4+. The molecule has 2 fully saturated rings. The number of carboxylic acids is 2. The number of hydrogen-bond acceptors (Lipinski definition) is 15. The molecule has 2 aromatic heterocycles. The molecule has 6 aliphatic rings. The van der Waals surface area contributed by atoms with Gasteiger partial charge in [0.1, 0.15) is 70.4 Å². The van der Waals surface area contributed by atoms with Crippen molar-refractivity contribution in [3.05, 3.63) is 172 Å². The van der Waals surface area contributed by atoms with Gasteiger partial charge >= 0.3 is 17.9 Å². The number of β-lactam (4-membered cyclic amide) rings is 2. The first-order valence-electron chi connectivity index (χ1n) is 22.9. The second kappa shape index (κ2) is 20.3. The van der Waals surface area contributed by atoms with Crippen LogP contribution in [0.5, 0.6) is 23.0 Å². The van der Waals surface area contributed by atoms with Crippen molar-refractivity contribution in [2.24, 2.45) is 0 Å². The van der Waals surface area contributed by atoms with Gasteiger partial charge in [-0.25, -0.2) is 14.4 Å². The summed E-state index contributed by atoms with van der Waals surface area (Å²) in [6.07, 6.45) is 6.54. The van der Waals surface area contributed by atoms with Crippen molar-refractivity contribution in [2.45, 2.75) is 41.3 Å². The fourth-order valence-corrected chi connectivity index (χ4v) is 14.2. The molecular weight excluding hydrogens is 1090 g/mol. The highest BCUT2D eigenvalue weighted by Gasteiger charge is 2.56. The molecule has 0 bridgehead atoms. The summed E-state index contributed by atoms with van der Waals surface area (Å²) >= 11 is 19.3. The number of thiophene rings is 2. The Bertz CT molecular complexity index is 3210. The van der Waals surface area contributed by atoms with Crippen molar-refractivity contribution in [1.82, 2.24) is 20.4 Å². The van der Waals surface area contributed by atoms with Gasteiger partial charge < -0.3 is 39.8 Å². The van der Waals surface area contributed by atoms with E-state index in [0.717, 1.165) is 9.75 Å². The maximum atomic E-state index is 13.6. The molecule has 1 spiro atoms. The second-order valence-electron chi connectivity index (χ2n) is 17.5. The minimum Gasteiger partial charge on any atom is -0.488 e. The van der Waals surface area contributed by atoms with E-state index < -0.39 is 58.2 Å². The molecule has 0 saturated carbocycles. The summed E-state index contributed by atoms with van der Waals surface area (Å²) in [5.74, 6) is -3.59. The van der Waals surface area contributed by atoms with E-state index in [9.17, 15) is 43.8 Å². The second-order valence-corrected chi connectivity index (χ2v) is 22.6. The molecule has 382 valence electrons. The number of allylic oxidation sites excluding steroid dienone is 2. The van der Waals surface area contributed by atoms with Gasteiger partial charge in [0.15, 0.2) is 5.60 Å². The summed E-state index contributed by atoms with van der Waals surface area (Å²) in [4.78, 5) is 94.5. The number of nitrogens with one attached hydrogen (secondary N) is 2. The van der Waals surface area contributed by atoms with Gasteiger partial charge in [0, 0.05) is 50.1 Å². The summed E-state index contributed by atoms with van der Waals surface area (Å²) < 4.78 is 25.0. The van der Waals surface area contributed by atoms with Crippen LogP contribution >= 0.6 is 69.4 Å². The number of carbonyl (C=O) groups is 7. The Morgan fingerprint density at radius 3 is 1.61 bits per heavy atom. The number of halogens is 2. The predicted molar refractivity (Wildman–Crippen MR) is 279 cm³/mol. The number of benzene rings is 3. The smallest absolute Gasteiger partial charge is 0.352 e. The molecule has 11 rings (SSSR count). The molecule has 6 aliphatic heterocycles. The lowest BCUT2D eigenvalue weighted by Gasteiger charge is -2.49. The molecule has 4 N–H and O–H groups in total. The van der Waals surface area contributed by atoms with Crippen LogP contribution in [-0.2, 0) is 51.9 Å². The summed E-state index contributed by atoms with van der Waals surface area (Å²) in [6, 6.07) is 18.7. The van der Waals surface area contributed by atoms with Crippen LogP contribution in [0.1, 0.15) is 36.8 Å². The third-order valence-electron chi connectivity index (χ3n) is 13.0. The third-order valence-corrected chi connectivity index (χ3v) is 17.9. The van der Waals surface area contributed by atoms with Crippen molar-refractivity contribution in [3.8, 4) is 23.0 Å². The van der Waals surface area contributed by atoms with Gasteiger partial charge in [-0.3, -0.25) is 29.0 Å². The Morgan fingerprint density at radius 1 is 0.680 bits per heavy atom. The largest absolute Gasteiger partial charge is 0.488 e. The van der Waals surface area contributed by atoms with E-state index in [2.05, 4.69) is 10.6 Å². The van der Waals surface area contributed by atoms with Crippen molar-refractivity contribution in [2.75, 3.05) is 24.7 Å². The molecule has 23 heteroatoms. The predicted octanol–water partition coefficient (Wildman–Crippen LogP) is 7.52. The van der Waals surface area contributed by atoms with Crippen LogP contribution in [0.3, 0.4) is 0 Å². The molecule has 3 aromatic carbocycles. The van der Waals surface area contributed by atoms with E-state index >= 15 is 0 Å². The number of amides is 4. The van der Waals surface area contributed by atoms with Crippen LogP contribution in [0.2, 0.25) is 10.0 Å². The van der Waals surface area contributed by atoms with Gasteiger partial charge in [0.25, 0.3) is 11.8 Å². The van der Waals surface area contributed by atoms with Crippen molar-refractivity contribution in [3.63, 3.8) is 0 Å². The first-order chi connectivity index (χ1) is 36.2. The Morgan fingerprint density at radius 2 is 1.16 bits per heavy atom. The molecule has 75 heavy (non-hydrogen) atoms. The number of hydrogen-bond donors (Lipinski definition) is 4. The van der Waals surface area contributed by atoms with Crippen LogP contribution in [0.25, 0.3) is 0 Å². The zero-order chi connectivity index (χ0) is 52.3. The van der Waals surface area contributed by atoms with Crippen molar-refractivity contribution < 1.29 is 62.7 Å². The Kier molecular flexibility index (Phi) is 13.6. The minimum absolute atomic E-state index is 0.0907. The first-order valence-corrected chi connectivity index (χ1v) is 27.6. The average molecular weight is 1130 g/mol. The highest BCUT2D eigenvalue weighted by atomic mass is 35.5. The SMILES string of the molecule is O=C(Cc1cccs1)NC1C(=O)N2C(C(=O)O)=C(/C=C/COc3cc4c(cc3Cl)C3(OC(=O)c5ccccc53)c3cc(Cl)c(OC/C=C/C5=C(C(=O)O)N6C(=O)C(NC(=O)Cc7cccs7)C6SC5)cc3O4)CSC12. The topological polar surface area (TPSA) is 227 Å². The van der Waals surface area contributed by atoms with Crippen LogP contribution in [0.15, 0.2) is 130 Å². The van der Waals surface area contributed by atoms with E-state index in [4.69, 9.17) is 42.1 Å². The van der Waals surface area contributed by atoms with E-state index in [1.165, 1.54) is 56.0 Å². The quantitative estimate of drug-likeness (QED) is 0.0554. The maximum Gasteiger partial charge on any atom is 0.352 e. The molecule has 17 nitrogen and oxygen atoms in total. The minimum atomic E-state index is -1.58. The molecule has 0 radical (unpaired) electrons. The number of esters is 1. The molecule has 2 saturated heterocycles. The van der Waals surface area contributed by atoms with Gasteiger partial charge in [0.2, 0.25) is 11.8 Å². The van der Waals surface area contributed by atoms with Gasteiger partial charge in [0.05, 0.1) is 28.5 Å². The maximum absolute atomic E-state index is 13.6. The molecule has 8 heterocycles. The lowest BCUT2D eigenvalue weighted by Crippen LogP contribution is -2.70. The van der Waals surface area contributed by atoms with Gasteiger partial charge in [-0.2, -0.15) is 0 Å². The fraction of sp³-hybridized carbons (Fsp3) is 0.212. The number of nitrogens with zero attached hydrogens (tertiary/aromatic N) is 2. The number of rotatable bonds is 16. The van der Waals surface area contributed by atoms with Gasteiger partial charge in [-0.05, 0) is 64.4 Å². The lowest BCUT2D eigenvalue weighted by atomic mass is 9.77. The normalized spacial score (nSPS) is 22.1. The van der Waals surface area contributed by atoms with Crippen LogP contribution in [0, 0.1) is 0 Å². The molecular formula is C52H38Cl2N4O13S4. The first kappa shape index (κ1) is 50.2. The number of carbonyl (C=O) groups excluding carboxylic acids is 5. The highest BCUT2D eigenvalue weighted by Crippen LogP contribution is 2.59. The van der Waals surface area contributed by atoms with Gasteiger partial charge in [-0.1, -0.05) is 65.7 Å². The fourth-order valence-electron chi connectivity index (χ4n) is 9.68. The number of thioether (sulfide) groups is 2. The zero-order valence-electron chi connectivity index (χ0n) is 38.6. The number of fused-ring (bicyclic) bond motifs is 8. The van der Waals surface area contributed by atoms with E-state index in [1.54, 1.807) is 72.8 Å². The molecule has 0 aliphatic carbocycles. The molecule has 5 aromatic rings. The van der Waals surface area contributed by atoms with E-state index in [0.29, 0.717) is 33.4 Å². The highest BCUT2D eigenvalue weighted by molar-refractivity contribution is 8.00. The van der Waals surface area contributed by atoms with Crippen LogP contribution in [-0.4, -0.2) is 109 Å². The van der Waals surface area contributed by atoms with E-state index in [-0.39, 0.29) is 93.8 Å². The summed E-state index contributed by atoms with van der Waals surface area (Å²) in [5.41, 5.74) is 0.371. The average Bonchev–Trinajstić information content (AvgIpc) is 4.19. The Hall–Kier alpha value is -7.01. The molecule has 4 amide bonds. The zero-order valence-corrected chi connectivity index (χ0v) is 43.4. The lowest BCUT2D eigenvalue weighted by molar-refractivity contribution is -0.150. The number of aliphatic carboxylic acids is 2. The van der Waals surface area contributed by atoms with Crippen molar-refractivity contribution in [1.29, 1.82) is 0 Å². The summed E-state index contributed by atoms with van der Waals surface area (Å²) in [5, 5.41) is 28.7. The summed E-state index contributed by atoms with van der Waals surface area (Å²) in [7, 11) is 0. The van der Waals surface area contributed by atoms with E-state index in [1.807, 2.05) is 35.0 Å². The molecule has 4 atom stereocenters. The number of ether oxygens (including phenoxy) is 4. The number of carboxylic acid groups (broad SMARTS) is 2. The van der Waals surface area contributed by atoms with Crippen LogP contribution in [0.4, 0.5) is 0 Å². The van der Waals surface area contributed by atoms with Gasteiger partial charge in [-0.15, -0.1) is 46.2 Å². The Balaban J connectivity index is 0.798. The van der Waals surface area contributed by atoms with Crippen molar-refractivity contribution >= 4 is 111 Å². The molecule has 4 unspecified atom stereocenters. The van der Waals surface area contributed by atoms with Crippen LogP contribution < -0.4 is 24.8 Å². The monoisotopic (exact) mass is 1120 g/mol.